The molecule has 0 spiro atoms. The Morgan fingerprint density at radius 1 is 1.36 bits per heavy atom. The lowest BCUT2D eigenvalue weighted by Gasteiger charge is -2.07. The van der Waals surface area contributed by atoms with Crippen molar-refractivity contribution in [3.05, 3.63) is 35.4 Å². The van der Waals surface area contributed by atoms with Crippen molar-refractivity contribution >= 4 is 6.72 Å². The van der Waals surface area contributed by atoms with E-state index < -0.39 is 11.7 Å². The molecule has 0 heterocycles. The molecule has 0 N–H and O–H groups in total. The van der Waals surface area contributed by atoms with Gasteiger partial charge >= 0.3 is 6.18 Å². The lowest BCUT2D eigenvalue weighted by molar-refractivity contribution is -0.137. The molecule has 0 fully saturated rings. The normalized spacial score (nSPS) is 11.1. The Labute approximate surface area is 79.0 Å². The molecule has 2 nitrogen and oxygen atoms in total. The minimum atomic E-state index is -4.34. The van der Waals surface area contributed by atoms with Gasteiger partial charge in [-0.15, -0.1) is 0 Å². The van der Waals surface area contributed by atoms with Gasteiger partial charge in [0.1, 0.15) is 6.61 Å². The van der Waals surface area contributed by atoms with Crippen molar-refractivity contribution in [2.75, 3.05) is 0 Å². The number of alkyl halides is 3. The molecule has 0 bridgehead atoms. The lowest BCUT2D eigenvalue weighted by atomic mass is 10.1. The molecule has 14 heavy (non-hydrogen) atoms. The number of benzene rings is 1. The first-order chi connectivity index (χ1) is 6.54. The summed E-state index contributed by atoms with van der Waals surface area (Å²) < 4.78 is 36.6. The molecule has 1 aromatic carbocycles. The monoisotopic (exact) mass is 202 g/mol. The van der Waals surface area contributed by atoms with Gasteiger partial charge in [0, 0.05) is 0 Å². The summed E-state index contributed by atoms with van der Waals surface area (Å²) in [6.07, 6.45) is -4.34. The molecular formula is C9H7F3NO. The molecule has 0 aliphatic carbocycles. The van der Waals surface area contributed by atoms with Gasteiger partial charge in [0.05, 0.1) is 12.3 Å². The van der Waals surface area contributed by atoms with Gasteiger partial charge in [0.25, 0.3) is 0 Å². The summed E-state index contributed by atoms with van der Waals surface area (Å²) in [5.74, 6) is 0. The Bertz CT molecular complexity index is 322. The minimum Gasteiger partial charge on any atom is -0.391 e. The number of rotatable bonds is 3. The summed E-state index contributed by atoms with van der Waals surface area (Å²) in [7, 11) is 0. The highest BCUT2D eigenvalue weighted by molar-refractivity contribution is 5.25. The second kappa shape index (κ2) is 4.13. The zero-order valence-electron chi connectivity index (χ0n) is 7.08. The van der Waals surface area contributed by atoms with E-state index in [2.05, 4.69) is 16.7 Å². The zero-order chi connectivity index (χ0) is 10.6. The van der Waals surface area contributed by atoms with Gasteiger partial charge in [0.15, 0.2) is 0 Å². The third kappa shape index (κ3) is 2.76. The van der Waals surface area contributed by atoms with Crippen LogP contribution in [0.3, 0.4) is 0 Å². The number of nitrogens with zero attached hydrogens (tertiary/aromatic N) is 1. The molecule has 0 unspecified atom stereocenters. The molecule has 0 aliphatic heterocycles. The molecule has 1 rings (SSSR count). The Kier molecular flexibility index (Phi) is 3.11. The van der Waals surface area contributed by atoms with Crippen LogP contribution in [0.2, 0.25) is 0 Å². The summed E-state index contributed by atoms with van der Waals surface area (Å²) in [6.45, 7) is 4.61. The van der Waals surface area contributed by atoms with E-state index in [9.17, 15) is 13.2 Å². The van der Waals surface area contributed by atoms with Gasteiger partial charge in [-0.05, 0) is 17.7 Å². The molecule has 5 heteroatoms. The summed E-state index contributed by atoms with van der Waals surface area (Å²) in [4.78, 5) is 4.42. The smallest absolute Gasteiger partial charge is 0.391 e. The fourth-order valence-electron chi connectivity index (χ4n) is 0.949. The largest absolute Gasteiger partial charge is 0.416 e. The molecule has 75 valence electrons. The Morgan fingerprint density at radius 2 is 2.07 bits per heavy atom. The Hall–Kier alpha value is -1.52. The first-order valence-electron chi connectivity index (χ1n) is 3.72. The summed E-state index contributed by atoms with van der Waals surface area (Å²) in [6, 6.07) is 4.78. The topological polar surface area (TPSA) is 21.6 Å². The maximum atomic E-state index is 12.2. The van der Waals surface area contributed by atoms with Gasteiger partial charge in [0.2, 0.25) is 0 Å². The van der Waals surface area contributed by atoms with E-state index in [0.29, 0.717) is 5.56 Å². The van der Waals surface area contributed by atoms with Crippen LogP contribution >= 0.6 is 0 Å². The molecule has 0 aliphatic rings. The molecule has 0 amide bonds. The quantitative estimate of drug-likeness (QED) is 0.545. The zero-order valence-corrected chi connectivity index (χ0v) is 7.08. The summed E-state index contributed by atoms with van der Waals surface area (Å²) >= 11 is 0. The van der Waals surface area contributed by atoms with Crippen molar-refractivity contribution in [3.63, 3.8) is 0 Å². The maximum absolute atomic E-state index is 12.2. The van der Waals surface area contributed by atoms with Crippen molar-refractivity contribution < 1.29 is 18.0 Å². The van der Waals surface area contributed by atoms with Gasteiger partial charge in [-0.3, -0.25) is 0 Å². The number of hydrogen-bond donors (Lipinski definition) is 0. The average Bonchev–Trinajstić information content (AvgIpc) is 2.14. The second-order valence-corrected chi connectivity index (χ2v) is 2.58. The summed E-state index contributed by atoms with van der Waals surface area (Å²) in [5.41, 5.74) is -0.343. The molecule has 0 saturated carbocycles. The number of hydrogen-bond acceptors (Lipinski definition) is 2. The van der Waals surface area contributed by atoms with Crippen molar-refractivity contribution in [3.8, 4) is 0 Å². The third-order valence-electron chi connectivity index (χ3n) is 1.56. The van der Waals surface area contributed by atoms with Crippen molar-refractivity contribution in [1.29, 1.82) is 0 Å². The van der Waals surface area contributed by atoms with Crippen molar-refractivity contribution in [2.24, 2.45) is 5.16 Å². The lowest BCUT2D eigenvalue weighted by Crippen LogP contribution is -2.05. The van der Waals surface area contributed by atoms with Crippen LogP contribution in [-0.4, -0.2) is 6.72 Å². The SMILES string of the molecule is [CH]=NOCc1cccc(C(F)(F)F)c1. The van der Waals surface area contributed by atoms with Gasteiger partial charge in [-0.2, -0.15) is 13.2 Å². The van der Waals surface area contributed by atoms with Crippen molar-refractivity contribution in [2.45, 2.75) is 12.8 Å². The molecule has 0 aromatic heterocycles. The fraction of sp³-hybridized carbons (Fsp3) is 0.222. The number of halogens is 3. The van der Waals surface area contributed by atoms with Gasteiger partial charge in [-0.1, -0.05) is 17.3 Å². The highest BCUT2D eigenvalue weighted by Crippen LogP contribution is 2.29. The van der Waals surface area contributed by atoms with E-state index in [1.54, 1.807) is 0 Å². The third-order valence-corrected chi connectivity index (χ3v) is 1.56. The van der Waals surface area contributed by atoms with Crippen LogP contribution in [0, 0.1) is 0 Å². The first kappa shape index (κ1) is 10.6. The van der Waals surface area contributed by atoms with Crippen LogP contribution in [0.1, 0.15) is 11.1 Å². The van der Waals surface area contributed by atoms with Crippen LogP contribution in [-0.2, 0) is 17.6 Å². The molecule has 1 radical (unpaired) electrons. The highest BCUT2D eigenvalue weighted by atomic mass is 19.4. The van der Waals surface area contributed by atoms with Crippen molar-refractivity contribution in [1.82, 2.24) is 0 Å². The van der Waals surface area contributed by atoms with Crippen LogP contribution in [0.25, 0.3) is 0 Å². The average molecular weight is 202 g/mol. The van der Waals surface area contributed by atoms with Crippen LogP contribution in [0.5, 0.6) is 0 Å². The van der Waals surface area contributed by atoms with E-state index in [4.69, 9.17) is 0 Å². The minimum absolute atomic E-state index is 0.0690. The standard InChI is InChI=1S/C9H7F3NO/c1-13-14-6-7-3-2-4-8(5-7)9(10,11)12/h1-5H,6H2. The second-order valence-electron chi connectivity index (χ2n) is 2.58. The predicted molar refractivity (Wildman–Crippen MR) is 44.7 cm³/mol. The molecular weight excluding hydrogens is 195 g/mol. The molecule has 0 atom stereocenters. The highest BCUT2D eigenvalue weighted by Gasteiger charge is 2.30. The van der Waals surface area contributed by atoms with Gasteiger partial charge in [-0.25, -0.2) is 0 Å². The van der Waals surface area contributed by atoms with E-state index >= 15 is 0 Å². The first-order valence-corrected chi connectivity index (χ1v) is 3.72. The van der Waals surface area contributed by atoms with Crippen LogP contribution in [0.4, 0.5) is 13.2 Å². The van der Waals surface area contributed by atoms with E-state index in [1.807, 2.05) is 0 Å². The summed E-state index contributed by atoms with van der Waals surface area (Å²) in [5, 5.41) is 2.84. The van der Waals surface area contributed by atoms with Crippen LogP contribution in [0.15, 0.2) is 29.4 Å². The predicted octanol–water partition coefficient (Wildman–Crippen LogP) is 2.71. The van der Waals surface area contributed by atoms with Crippen LogP contribution < -0.4 is 0 Å². The van der Waals surface area contributed by atoms with E-state index in [1.165, 1.54) is 12.1 Å². The fourth-order valence-corrected chi connectivity index (χ4v) is 0.949. The van der Waals surface area contributed by atoms with E-state index in [0.717, 1.165) is 12.1 Å². The Balaban J connectivity index is 2.84. The molecule has 0 saturated heterocycles. The molecule has 1 aromatic rings. The maximum Gasteiger partial charge on any atom is 0.416 e. The Morgan fingerprint density at radius 3 is 2.64 bits per heavy atom. The van der Waals surface area contributed by atoms with Gasteiger partial charge < -0.3 is 4.84 Å². The van der Waals surface area contributed by atoms with E-state index in [-0.39, 0.29) is 6.61 Å².